The molecular weight excluding hydrogens is 352 g/mol. The van der Waals surface area contributed by atoms with Gasteiger partial charge in [0.1, 0.15) is 5.82 Å². The van der Waals surface area contributed by atoms with E-state index in [0.717, 1.165) is 17.2 Å². The van der Waals surface area contributed by atoms with E-state index in [1.54, 1.807) is 0 Å². The standard InChI is InChI=1S/C27H18N2/c1-2-9-19(10-3-1)29(26-15-6-7-18-28-26)25-17-16-23-21-12-5-4-11-20(21)22-13-8-14-24(25)27(22)23/h1-18H. The molecule has 2 heteroatoms. The number of benzene rings is 4. The first-order chi connectivity index (χ1) is 14.4. The summed E-state index contributed by atoms with van der Waals surface area (Å²) in [6.07, 6.45) is 1.85. The zero-order chi connectivity index (χ0) is 19.2. The number of anilines is 3. The maximum atomic E-state index is 4.66. The molecule has 6 rings (SSSR count). The lowest BCUT2D eigenvalue weighted by Gasteiger charge is -2.26. The average Bonchev–Trinajstić information content (AvgIpc) is 3.13. The smallest absolute Gasteiger partial charge is 0.137 e. The summed E-state index contributed by atoms with van der Waals surface area (Å²) in [4.78, 5) is 6.91. The van der Waals surface area contributed by atoms with Gasteiger partial charge in [0.25, 0.3) is 0 Å². The highest BCUT2D eigenvalue weighted by Crippen LogP contribution is 2.50. The van der Waals surface area contributed by atoms with E-state index < -0.39 is 0 Å². The van der Waals surface area contributed by atoms with Crippen molar-refractivity contribution in [1.82, 2.24) is 4.98 Å². The Kier molecular flexibility index (Phi) is 3.50. The molecule has 136 valence electrons. The first-order valence-corrected chi connectivity index (χ1v) is 9.83. The van der Waals surface area contributed by atoms with Crippen LogP contribution in [0.4, 0.5) is 17.2 Å². The summed E-state index contributed by atoms with van der Waals surface area (Å²) >= 11 is 0. The molecule has 1 aliphatic rings. The summed E-state index contributed by atoms with van der Waals surface area (Å²) in [5.74, 6) is 0.912. The lowest BCUT2D eigenvalue weighted by Crippen LogP contribution is -2.11. The SMILES string of the molecule is c1ccc(N(c2ccccn2)c2ccc3c4c(cccc24)-c2ccccc2-3)cc1. The Balaban J connectivity index is 1.67. The van der Waals surface area contributed by atoms with E-state index in [9.17, 15) is 0 Å². The van der Waals surface area contributed by atoms with E-state index in [1.807, 2.05) is 24.4 Å². The molecular formula is C27H18N2. The maximum Gasteiger partial charge on any atom is 0.137 e. The highest BCUT2D eigenvalue weighted by molar-refractivity contribution is 6.19. The molecule has 29 heavy (non-hydrogen) atoms. The Hall–Kier alpha value is -3.91. The average molecular weight is 370 g/mol. The van der Waals surface area contributed by atoms with Crippen LogP contribution in [-0.2, 0) is 0 Å². The summed E-state index contributed by atoms with van der Waals surface area (Å²) in [5.41, 5.74) is 7.49. The van der Waals surface area contributed by atoms with Gasteiger partial charge in [-0.05, 0) is 58.0 Å². The number of rotatable bonds is 3. The monoisotopic (exact) mass is 370 g/mol. The summed E-state index contributed by atoms with van der Waals surface area (Å²) in [7, 11) is 0. The molecule has 0 saturated heterocycles. The fourth-order valence-corrected chi connectivity index (χ4v) is 4.45. The highest BCUT2D eigenvalue weighted by Gasteiger charge is 2.24. The van der Waals surface area contributed by atoms with Crippen molar-refractivity contribution in [3.05, 3.63) is 109 Å². The predicted octanol–water partition coefficient (Wildman–Crippen LogP) is 7.35. The zero-order valence-electron chi connectivity index (χ0n) is 15.8. The van der Waals surface area contributed by atoms with Crippen molar-refractivity contribution < 1.29 is 0 Å². The van der Waals surface area contributed by atoms with Crippen molar-refractivity contribution >= 4 is 28.0 Å². The van der Waals surface area contributed by atoms with Crippen molar-refractivity contribution in [1.29, 1.82) is 0 Å². The second-order valence-corrected chi connectivity index (χ2v) is 7.26. The van der Waals surface area contributed by atoms with Gasteiger partial charge in [-0.1, -0.05) is 72.8 Å². The normalized spacial score (nSPS) is 11.4. The Labute approximate surface area is 169 Å². The minimum absolute atomic E-state index is 0.912. The van der Waals surface area contributed by atoms with Crippen molar-refractivity contribution in [2.24, 2.45) is 0 Å². The molecule has 1 aliphatic carbocycles. The van der Waals surface area contributed by atoms with Gasteiger partial charge in [-0.3, -0.25) is 4.90 Å². The molecule has 1 aromatic heterocycles. The van der Waals surface area contributed by atoms with Gasteiger partial charge in [0, 0.05) is 17.3 Å². The van der Waals surface area contributed by atoms with Crippen LogP contribution in [-0.4, -0.2) is 4.98 Å². The highest BCUT2D eigenvalue weighted by atomic mass is 15.2. The third kappa shape index (κ3) is 2.39. The third-order valence-corrected chi connectivity index (χ3v) is 5.66. The van der Waals surface area contributed by atoms with Gasteiger partial charge in [-0.15, -0.1) is 0 Å². The quantitative estimate of drug-likeness (QED) is 0.324. The topological polar surface area (TPSA) is 16.1 Å². The van der Waals surface area contributed by atoms with Crippen LogP contribution < -0.4 is 4.90 Å². The fraction of sp³-hybridized carbons (Fsp3) is 0. The molecule has 0 N–H and O–H groups in total. The van der Waals surface area contributed by atoms with Gasteiger partial charge in [-0.25, -0.2) is 4.98 Å². The largest absolute Gasteiger partial charge is 0.294 e. The van der Waals surface area contributed by atoms with Crippen LogP contribution in [0.3, 0.4) is 0 Å². The van der Waals surface area contributed by atoms with Gasteiger partial charge < -0.3 is 0 Å². The van der Waals surface area contributed by atoms with Crippen molar-refractivity contribution in [2.75, 3.05) is 4.90 Å². The van der Waals surface area contributed by atoms with Gasteiger partial charge in [0.15, 0.2) is 0 Å². The predicted molar refractivity (Wildman–Crippen MR) is 121 cm³/mol. The van der Waals surface area contributed by atoms with Crippen LogP contribution >= 0.6 is 0 Å². The molecule has 0 amide bonds. The number of hydrogen-bond acceptors (Lipinski definition) is 2. The van der Waals surface area contributed by atoms with E-state index in [-0.39, 0.29) is 0 Å². The minimum Gasteiger partial charge on any atom is -0.294 e. The molecule has 1 heterocycles. The Morgan fingerprint density at radius 1 is 0.517 bits per heavy atom. The van der Waals surface area contributed by atoms with E-state index in [4.69, 9.17) is 0 Å². The molecule has 0 atom stereocenters. The van der Waals surface area contributed by atoms with Gasteiger partial charge in [0.2, 0.25) is 0 Å². The Morgan fingerprint density at radius 2 is 1.21 bits per heavy atom. The maximum absolute atomic E-state index is 4.66. The molecule has 5 aromatic rings. The molecule has 0 fully saturated rings. The van der Waals surface area contributed by atoms with Gasteiger partial charge in [-0.2, -0.15) is 0 Å². The number of fused-ring (bicyclic) bond motifs is 3. The number of hydrogen-bond donors (Lipinski definition) is 0. The van der Waals surface area contributed by atoms with Crippen LogP contribution in [0.1, 0.15) is 0 Å². The molecule has 2 nitrogen and oxygen atoms in total. The minimum atomic E-state index is 0.912. The second-order valence-electron chi connectivity index (χ2n) is 7.26. The molecule has 0 saturated carbocycles. The van der Waals surface area contributed by atoms with Crippen molar-refractivity contribution in [2.45, 2.75) is 0 Å². The van der Waals surface area contributed by atoms with Crippen molar-refractivity contribution in [3.63, 3.8) is 0 Å². The molecule has 0 spiro atoms. The summed E-state index contributed by atoms with van der Waals surface area (Å²) in [5, 5.41) is 2.56. The fourth-order valence-electron chi connectivity index (χ4n) is 4.45. The van der Waals surface area contributed by atoms with Crippen LogP contribution in [0, 0.1) is 0 Å². The second kappa shape index (κ2) is 6.32. The Bertz CT molecular complexity index is 1270. The first-order valence-electron chi connectivity index (χ1n) is 9.83. The van der Waals surface area contributed by atoms with E-state index in [0.29, 0.717) is 0 Å². The Morgan fingerprint density at radius 3 is 1.97 bits per heavy atom. The summed E-state index contributed by atoms with van der Waals surface area (Å²) in [6, 6.07) is 36.3. The van der Waals surface area contributed by atoms with Crippen LogP contribution in [0.2, 0.25) is 0 Å². The lowest BCUT2D eigenvalue weighted by molar-refractivity contribution is 1.19. The van der Waals surface area contributed by atoms with Gasteiger partial charge >= 0.3 is 0 Å². The molecule has 4 aromatic carbocycles. The number of pyridine rings is 1. The van der Waals surface area contributed by atoms with E-state index in [1.165, 1.54) is 33.0 Å². The van der Waals surface area contributed by atoms with Crippen LogP contribution in [0.25, 0.3) is 33.0 Å². The zero-order valence-corrected chi connectivity index (χ0v) is 15.8. The molecule has 0 bridgehead atoms. The molecule has 0 radical (unpaired) electrons. The van der Waals surface area contributed by atoms with E-state index in [2.05, 4.69) is 94.8 Å². The van der Waals surface area contributed by atoms with E-state index >= 15 is 0 Å². The van der Waals surface area contributed by atoms with Crippen LogP contribution in [0.5, 0.6) is 0 Å². The number of aromatic nitrogens is 1. The molecule has 0 aliphatic heterocycles. The summed E-state index contributed by atoms with van der Waals surface area (Å²) in [6.45, 7) is 0. The molecule has 0 unspecified atom stereocenters. The third-order valence-electron chi connectivity index (χ3n) is 5.66. The summed E-state index contributed by atoms with van der Waals surface area (Å²) < 4.78 is 0. The number of para-hydroxylation sites is 1. The van der Waals surface area contributed by atoms with Crippen LogP contribution in [0.15, 0.2) is 109 Å². The van der Waals surface area contributed by atoms with Crippen molar-refractivity contribution in [3.8, 4) is 22.3 Å². The lowest BCUT2D eigenvalue weighted by atomic mass is 10.0. The first kappa shape index (κ1) is 16.1. The van der Waals surface area contributed by atoms with Gasteiger partial charge in [0.05, 0.1) is 5.69 Å². The number of nitrogens with zero attached hydrogens (tertiary/aromatic N) is 2.